The molecule has 3 nitrogen and oxygen atoms in total. The molecule has 0 aromatic heterocycles. The average molecular weight is 275 g/mol. The third-order valence-electron chi connectivity index (χ3n) is 3.77. The van der Waals surface area contributed by atoms with Crippen molar-refractivity contribution in [3.63, 3.8) is 0 Å². The van der Waals surface area contributed by atoms with Gasteiger partial charge in [0.15, 0.2) is 0 Å². The molecule has 2 rings (SSSR count). The van der Waals surface area contributed by atoms with E-state index in [1.807, 2.05) is 18.4 Å². The Morgan fingerprint density at radius 2 is 2.32 bits per heavy atom. The van der Waals surface area contributed by atoms with Gasteiger partial charge in [0.2, 0.25) is 0 Å². The molecule has 102 valence electrons. The number of hydrogen-bond acceptors (Lipinski definition) is 4. The van der Waals surface area contributed by atoms with Gasteiger partial charge in [-0.3, -0.25) is 0 Å². The van der Waals surface area contributed by atoms with E-state index in [0.29, 0.717) is 5.92 Å². The van der Waals surface area contributed by atoms with Gasteiger partial charge in [0.25, 0.3) is 0 Å². The summed E-state index contributed by atoms with van der Waals surface area (Å²) in [6, 6.07) is 8.47. The van der Waals surface area contributed by atoms with Crippen molar-refractivity contribution in [2.45, 2.75) is 11.3 Å². The highest BCUT2D eigenvalue weighted by atomic mass is 32.2. The van der Waals surface area contributed by atoms with Gasteiger partial charge < -0.3 is 9.80 Å². The van der Waals surface area contributed by atoms with Gasteiger partial charge in [-0.1, -0.05) is 6.07 Å². The smallest absolute Gasteiger partial charge is 0.102 e. The molecule has 4 heteroatoms. The van der Waals surface area contributed by atoms with Crippen molar-refractivity contribution >= 4 is 17.4 Å². The maximum absolute atomic E-state index is 9.38. The van der Waals surface area contributed by atoms with Crippen LogP contribution in [-0.2, 0) is 0 Å². The van der Waals surface area contributed by atoms with Gasteiger partial charge >= 0.3 is 0 Å². The molecule has 0 radical (unpaired) electrons. The number of likely N-dealkylation sites (tertiary alicyclic amines) is 1. The summed E-state index contributed by atoms with van der Waals surface area (Å²) in [4.78, 5) is 5.68. The molecular formula is C15H21N3S. The van der Waals surface area contributed by atoms with E-state index in [1.54, 1.807) is 11.8 Å². The van der Waals surface area contributed by atoms with E-state index in [9.17, 15) is 5.26 Å². The van der Waals surface area contributed by atoms with Gasteiger partial charge in [-0.2, -0.15) is 5.26 Å². The zero-order valence-corrected chi connectivity index (χ0v) is 12.7. The molecule has 0 saturated carbocycles. The molecule has 19 heavy (non-hydrogen) atoms. The first-order valence-electron chi connectivity index (χ1n) is 6.62. The van der Waals surface area contributed by atoms with E-state index in [-0.39, 0.29) is 0 Å². The summed E-state index contributed by atoms with van der Waals surface area (Å²) < 4.78 is 0. The first kappa shape index (κ1) is 14.2. The largest absolute Gasteiger partial charge is 0.373 e. The summed E-state index contributed by atoms with van der Waals surface area (Å²) in [7, 11) is 4.27. The van der Waals surface area contributed by atoms with Crippen LogP contribution in [0.4, 0.5) is 5.69 Å². The van der Waals surface area contributed by atoms with Crippen LogP contribution >= 0.6 is 11.8 Å². The van der Waals surface area contributed by atoms with Crippen molar-refractivity contribution < 1.29 is 0 Å². The van der Waals surface area contributed by atoms with Crippen LogP contribution < -0.4 is 4.90 Å². The lowest BCUT2D eigenvalue weighted by Gasteiger charge is -2.24. The van der Waals surface area contributed by atoms with Crippen molar-refractivity contribution in [2.75, 3.05) is 44.9 Å². The van der Waals surface area contributed by atoms with Gasteiger partial charge in [0.1, 0.15) is 6.07 Å². The molecule has 0 N–H and O–H groups in total. The van der Waals surface area contributed by atoms with Crippen LogP contribution in [0.1, 0.15) is 12.0 Å². The van der Waals surface area contributed by atoms with Crippen molar-refractivity contribution in [1.82, 2.24) is 4.90 Å². The fraction of sp³-hybridized carbons (Fsp3) is 0.533. The van der Waals surface area contributed by atoms with Crippen LogP contribution in [0.2, 0.25) is 0 Å². The van der Waals surface area contributed by atoms with E-state index in [2.05, 4.69) is 36.0 Å². The second-order valence-corrected chi connectivity index (χ2v) is 6.11. The second kappa shape index (κ2) is 6.31. The molecule has 1 aromatic rings. The number of rotatable bonds is 4. The van der Waals surface area contributed by atoms with Gasteiger partial charge in [-0.15, -0.1) is 11.8 Å². The fourth-order valence-corrected chi connectivity index (χ4v) is 3.35. The first-order valence-corrected chi connectivity index (χ1v) is 7.85. The maximum atomic E-state index is 9.38. The SMILES string of the molecule is CSc1cccc(N(C)CC2CCN(C)C2)c1C#N. The molecule has 1 fully saturated rings. The van der Waals surface area contributed by atoms with Gasteiger partial charge in [0.05, 0.1) is 11.3 Å². The Balaban J connectivity index is 2.15. The molecule has 0 bridgehead atoms. The van der Waals surface area contributed by atoms with E-state index in [1.165, 1.54) is 13.0 Å². The highest BCUT2D eigenvalue weighted by molar-refractivity contribution is 7.98. The van der Waals surface area contributed by atoms with Crippen LogP contribution in [0.25, 0.3) is 0 Å². The second-order valence-electron chi connectivity index (χ2n) is 5.26. The maximum Gasteiger partial charge on any atom is 0.102 e. The topological polar surface area (TPSA) is 30.3 Å². The van der Waals surface area contributed by atoms with Gasteiger partial charge in [-0.25, -0.2) is 0 Å². The van der Waals surface area contributed by atoms with Crippen molar-refractivity contribution in [3.8, 4) is 6.07 Å². The third kappa shape index (κ3) is 3.23. The number of anilines is 1. The van der Waals surface area contributed by atoms with Crippen LogP contribution in [0, 0.1) is 17.2 Å². The van der Waals surface area contributed by atoms with Crippen molar-refractivity contribution in [2.24, 2.45) is 5.92 Å². The number of nitrogens with zero attached hydrogens (tertiary/aromatic N) is 3. The van der Waals surface area contributed by atoms with Crippen molar-refractivity contribution in [3.05, 3.63) is 23.8 Å². The molecule has 1 aliphatic heterocycles. The molecule has 1 heterocycles. The Morgan fingerprint density at radius 3 is 2.89 bits per heavy atom. The summed E-state index contributed by atoms with van der Waals surface area (Å²) in [5.41, 5.74) is 1.87. The minimum Gasteiger partial charge on any atom is -0.373 e. The van der Waals surface area contributed by atoms with E-state index >= 15 is 0 Å². The van der Waals surface area contributed by atoms with Crippen LogP contribution in [-0.4, -0.2) is 44.9 Å². The van der Waals surface area contributed by atoms with Crippen LogP contribution in [0.15, 0.2) is 23.1 Å². The highest BCUT2D eigenvalue weighted by Crippen LogP contribution is 2.29. The molecule has 1 unspecified atom stereocenters. The summed E-state index contributed by atoms with van der Waals surface area (Å²) in [6.45, 7) is 3.37. The number of nitriles is 1. The van der Waals surface area contributed by atoms with E-state index < -0.39 is 0 Å². The summed E-state index contributed by atoms with van der Waals surface area (Å²) in [6.07, 6.45) is 3.27. The molecule has 1 saturated heterocycles. The quantitative estimate of drug-likeness (QED) is 0.790. The van der Waals surface area contributed by atoms with Crippen LogP contribution in [0.3, 0.4) is 0 Å². The minimum absolute atomic E-state index is 0.708. The zero-order chi connectivity index (χ0) is 13.8. The molecule has 0 aliphatic carbocycles. The highest BCUT2D eigenvalue weighted by Gasteiger charge is 2.22. The van der Waals surface area contributed by atoms with E-state index in [0.717, 1.165) is 29.2 Å². The Kier molecular flexibility index (Phi) is 4.73. The average Bonchev–Trinajstić information content (AvgIpc) is 2.82. The minimum atomic E-state index is 0.708. The standard InChI is InChI=1S/C15H21N3S/c1-17-8-7-12(10-17)11-18(2)14-5-4-6-15(19-3)13(14)9-16/h4-6,12H,7-8,10-11H2,1-3H3. The number of hydrogen-bond donors (Lipinski definition) is 0. The van der Waals surface area contributed by atoms with Gasteiger partial charge in [0, 0.05) is 25.0 Å². The Morgan fingerprint density at radius 1 is 1.53 bits per heavy atom. The van der Waals surface area contributed by atoms with Gasteiger partial charge in [-0.05, 0) is 44.3 Å². The zero-order valence-electron chi connectivity index (χ0n) is 11.9. The predicted molar refractivity (Wildman–Crippen MR) is 81.8 cm³/mol. The predicted octanol–water partition coefficient (Wildman–Crippen LogP) is 2.67. The molecule has 1 aromatic carbocycles. The molecule has 1 atom stereocenters. The monoisotopic (exact) mass is 275 g/mol. The Bertz CT molecular complexity index is 481. The fourth-order valence-electron chi connectivity index (χ4n) is 2.78. The number of benzene rings is 1. The Labute approximate surface area is 120 Å². The lowest BCUT2D eigenvalue weighted by atomic mass is 10.1. The summed E-state index contributed by atoms with van der Waals surface area (Å²) in [5.74, 6) is 0.708. The lowest BCUT2D eigenvalue weighted by Crippen LogP contribution is -2.27. The summed E-state index contributed by atoms with van der Waals surface area (Å²) in [5, 5.41) is 9.38. The van der Waals surface area contributed by atoms with Crippen molar-refractivity contribution in [1.29, 1.82) is 5.26 Å². The first-order chi connectivity index (χ1) is 9.15. The number of thioether (sulfide) groups is 1. The lowest BCUT2D eigenvalue weighted by molar-refractivity contribution is 0.396. The molecule has 0 spiro atoms. The van der Waals surface area contributed by atoms with Crippen LogP contribution in [0.5, 0.6) is 0 Å². The Hall–Kier alpha value is -1.18. The molecule has 0 amide bonds. The summed E-state index contributed by atoms with van der Waals surface area (Å²) >= 11 is 1.64. The normalized spacial score (nSPS) is 19.4. The van der Waals surface area contributed by atoms with E-state index in [4.69, 9.17) is 0 Å². The molecule has 1 aliphatic rings. The molecular weight excluding hydrogens is 254 g/mol. The third-order valence-corrected chi connectivity index (χ3v) is 4.55.